The monoisotopic (exact) mass is 293 g/mol. The van der Waals surface area contributed by atoms with E-state index in [0.717, 1.165) is 11.3 Å². The number of aliphatic imine (C=N–C) groups is 1. The molecule has 0 spiro atoms. The first-order valence-corrected chi connectivity index (χ1v) is 6.42. The molecule has 3 rings (SSSR count). The fourth-order valence-corrected chi connectivity index (χ4v) is 1.96. The van der Waals surface area contributed by atoms with Crippen LogP contribution < -0.4 is 0 Å². The predicted octanol–water partition coefficient (Wildman–Crippen LogP) is 3.43. The van der Waals surface area contributed by atoms with Gasteiger partial charge < -0.3 is 9.63 Å². The normalized spacial score (nSPS) is 10.4. The van der Waals surface area contributed by atoms with Gasteiger partial charge in [0.1, 0.15) is 0 Å². The molecule has 6 nitrogen and oxygen atoms in total. The molecule has 108 valence electrons. The SMILES string of the molecule is C=Nc1ccc(-c2nc(-c3cccc(C(=O)O)c3)no2)cc1. The summed E-state index contributed by atoms with van der Waals surface area (Å²) >= 11 is 0. The van der Waals surface area contributed by atoms with Crippen molar-refractivity contribution in [1.29, 1.82) is 0 Å². The van der Waals surface area contributed by atoms with Gasteiger partial charge in [-0.05, 0) is 43.1 Å². The maximum atomic E-state index is 11.0. The van der Waals surface area contributed by atoms with Crippen LogP contribution in [0.1, 0.15) is 10.4 Å². The minimum atomic E-state index is -1.00. The number of carboxylic acid groups (broad SMARTS) is 1. The van der Waals surface area contributed by atoms with Gasteiger partial charge in [0.25, 0.3) is 5.89 Å². The maximum absolute atomic E-state index is 11.0. The number of aromatic nitrogens is 2. The van der Waals surface area contributed by atoms with Crippen LogP contribution >= 0.6 is 0 Å². The molecule has 22 heavy (non-hydrogen) atoms. The van der Waals surface area contributed by atoms with Gasteiger partial charge in [0.15, 0.2) is 0 Å². The summed E-state index contributed by atoms with van der Waals surface area (Å²) in [6, 6.07) is 13.6. The lowest BCUT2D eigenvalue weighted by atomic mass is 10.1. The zero-order valence-electron chi connectivity index (χ0n) is 11.4. The molecule has 0 amide bonds. The van der Waals surface area contributed by atoms with Crippen molar-refractivity contribution >= 4 is 18.4 Å². The lowest BCUT2D eigenvalue weighted by molar-refractivity contribution is 0.0697. The Morgan fingerprint density at radius 2 is 1.91 bits per heavy atom. The van der Waals surface area contributed by atoms with Crippen LogP contribution in [-0.2, 0) is 0 Å². The fourth-order valence-electron chi connectivity index (χ4n) is 1.96. The molecule has 0 bridgehead atoms. The quantitative estimate of drug-likeness (QED) is 0.744. The summed E-state index contributed by atoms with van der Waals surface area (Å²) in [6.07, 6.45) is 0. The number of carbonyl (C=O) groups is 1. The highest BCUT2D eigenvalue weighted by Gasteiger charge is 2.12. The molecule has 1 aromatic heterocycles. The van der Waals surface area contributed by atoms with Crippen molar-refractivity contribution in [3.63, 3.8) is 0 Å². The average Bonchev–Trinajstić information content (AvgIpc) is 3.05. The lowest BCUT2D eigenvalue weighted by Gasteiger charge is -1.97. The molecule has 0 fully saturated rings. The summed E-state index contributed by atoms with van der Waals surface area (Å²) < 4.78 is 5.22. The van der Waals surface area contributed by atoms with Crippen LogP contribution in [0.4, 0.5) is 5.69 Å². The number of benzene rings is 2. The van der Waals surface area contributed by atoms with E-state index >= 15 is 0 Å². The van der Waals surface area contributed by atoms with Crippen LogP contribution in [0.5, 0.6) is 0 Å². The van der Waals surface area contributed by atoms with Crippen LogP contribution in [-0.4, -0.2) is 27.9 Å². The highest BCUT2D eigenvalue weighted by molar-refractivity contribution is 5.89. The van der Waals surface area contributed by atoms with Crippen LogP contribution in [0.2, 0.25) is 0 Å². The van der Waals surface area contributed by atoms with Crippen LogP contribution in [0, 0.1) is 0 Å². The predicted molar refractivity (Wildman–Crippen MR) is 81.3 cm³/mol. The zero-order chi connectivity index (χ0) is 15.5. The van der Waals surface area contributed by atoms with E-state index in [9.17, 15) is 4.79 Å². The van der Waals surface area contributed by atoms with Crippen molar-refractivity contribution in [2.45, 2.75) is 0 Å². The number of rotatable bonds is 4. The summed E-state index contributed by atoms with van der Waals surface area (Å²) in [6.45, 7) is 3.45. The first-order chi connectivity index (χ1) is 10.7. The second-order valence-electron chi connectivity index (χ2n) is 4.51. The van der Waals surface area contributed by atoms with Gasteiger partial charge in [-0.15, -0.1) is 0 Å². The van der Waals surface area contributed by atoms with Gasteiger partial charge in [0.05, 0.1) is 11.3 Å². The van der Waals surface area contributed by atoms with E-state index in [0.29, 0.717) is 17.3 Å². The molecule has 0 unspecified atom stereocenters. The number of carboxylic acids is 1. The Hall–Kier alpha value is -3.28. The van der Waals surface area contributed by atoms with Gasteiger partial charge in [-0.3, -0.25) is 4.99 Å². The van der Waals surface area contributed by atoms with E-state index in [1.807, 2.05) is 0 Å². The molecule has 0 aliphatic carbocycles. The molecular formula is C16H11N3O3. The van der Waals surface area contributed by atoms with E-state index in [2.05, 4.69) is 21.9 Å². The molecule has 2 aromatic carbocycles. The second-order valence-corrected chi connectivity index (χ2v) is 4.51. The van der Waals surface area contributed by atoms with Gasteiger partial charge >= 0.3 is 5.97 Å². The van der Waals surface area contributed by atoms with Gasteiger partial charge in [-0.1, -0.05) is 17.3 Å². The smallest absolute Gasteiger partial charge is 0.335 e. The van der Waals surface area contributed by atoms with Gasteiger partial charge in [0, 0.05) is 11.1 Å². The van der Waals surface area contributed by atoms with E-state index in [4.69, 9.17) is 9.63 Å². The number of nitrogens with zero attached hydrogens (tertiary/aromatic N) is 3. The first kappa shape index (κ1) is 13.7. The summed E-state index contributed by atoms with van der Waals surface area (Å²) in [5, 5.41) is 12.9. The number of aromatic carboxylic acids is 1. The third-order valence-electron chi connectivity index (χ3n) is 3.09. The van der Waals surface area contributed by atoms with E-state index in [1.54, 1.807) is 36.4 Å². The number of hydrogen-bond acceptors (Lipinski definition) is 5. The molecule has 1 heterocycles. The molecule has 0 aliphatic heterocycles. The van der Waals surface area contributed by atoms with Crippen LogP contribution in [0.3, 0.4) is 0 Å². The maximum Gasteiger partial charge on any atom is 0.335 e. The Morgan fingerprint density at radius 1 is 1.14 bits per heavy atom. The zero-order valence-corrected chi connectivity index (χ0v) is 11.4. The van der Waals surface area contributed by atoms with Crippen molar-refractivity contribution in [3.05, 3.63) is 54.1 Å². The third-order valence-corrected chi connectivity index (χ3v) is 3.09. The van der Waals surface area contributed by atoms with Gasteiger partial charge in [-0.25, -0.2) is 4.79 Å². The molecule has 1 N–H and O–H groups in total. The molecule has 3 aromatic rings. The molecule has 0 atom stereocenters. The summed E-state index contributed by atoms with van der Waals surface area (Å²) in [4.78, 5) is 19.1. The van der Waals surface area contributed by atoms with Gasteiger partial charge in [0.2, 0.25) is 5.82 Å². The fraction of sp³-hybridized carbons (Fsp3) is 0. The first-order valence-electron chi connectivity index (χ1n) is 6.42. The Balaban J connectivity index is 1.94. The molecule has 0 aliphatic rings. The van der Waals surface area contributed by atoms with Crippen LogP contribution in [0.15, 0.2) is 58.0 Å². The second kappa shape index (κ2) is 5.61. The van der Waals surface area contributed by atoms with Crippen LogP contribution in [0.25, 0.3) is 22.8 Å². The van der Waals surface area contributed by atoms with Crippen molar-refractivity contribution in [2.75, 3.05) is 0 Å². The molecule has 0 saturated heterocycles. The Labute approximate surface area is 125 Å². The highest BCUT2D eigenvalue weighted by atomic mass is 16.5. The largest absolute Gasteiger partial charge is 0.478 e. The highest BCUT2D eigenvalue weighted by Crippen LogP contribution is 2.24. The summed E-state index contributed by atoms with van der Waals surface area (Å²) in [5.74, 6) is -0.312. The Kier molecular flexibility index (Phi) is 3.49. The Bertz CT molecular complexity index is 838. The number of hydrogen-bond donors (Lipinski definition) is 1. The van der Waals surface area contributed by atoms with E-state index in [1.165, 1.54) is 12.1 Å². The summed E-state index contributed by atoms with van der Waals surface area (Å²) in [7, 11) is 0. The van der Waals surface area contributed by atoms with E-state index in [-0.39, 0.29) is 5.56 Å². The topological polar surface area (TPSA) is 88.6 Å². The standard InChI is InChI=1S/C16H11N3O3/c1-17-13-7-5-10(6-8-13)15-18-14(19-22-15)11-3-2-4-12(9-11)16(20)21/h2-9H,1H2,(H,20,21). The molecule has 0 saturated carbocycles. The Morgan fingerprint density at radius 3 is 2.59 bits per heavy atom. The molecule has 6 heteroatoms. The van der Waals surface area contributed by atoms with Gasteiger partial charge in [-0.2, -0.15) is 4.98 Å². The van der Waals surface area contributed by atoms with Crippen molar-refractivity contribution in [3.8, 4) is 22.8 Å². The average molecular weight is 293 g/mol. The summed E-state index contributed by atoms with van der Waals surface area (Å²) in [5.41, 5.74) is 2.25. The van der Waals surface area contributed by atoms with Crippen molar-refractivity contribution in [2.24, 2.45) is 4.99 Å². The van der Waals surface area contributed by atoms with E-state index < -0.39 is 5.97 Å². The van der Waals surface area contributed by atoms with Crippen molar-refractivity contribution < 1.29 is 14.4 Å². The molecular weight excluding hydrogens is 282 g/mol. The van der Waals surface area contributed by atoms with Crippen molar-refractivity contribution in [1.82, 2.24) is 10.1 Å². The minimum Gasteiger partial charge on any atom is -0.478 e. The minimum absolute atomic E-state index is 0.172. The lowest BCUT2D eigenvalue weighted by Crippen LogP contribution is -1.96. The third kappa shape index (κ3) is 2.62. The molecule has 0 radical (unpaired) electrons.